The third kappa shape index (κ3) is 4.90. The Kier molecular flexibility index (Phi) is 5.49. The van der Waals surface area contributed by atoms with Crippen molar-refractivity contribution in [1.29, 1.82) is 0 Å². The van der Waals surface area contributed by atoms with Crippen LogP contribution in [0.2, 0.25) is 0 Å². The summed E-state index contributed by atoms with van der Waals surface area (Å²) >= 11 is 0. The van der Waals surface area contributed by atoms with Crippen LogP contribution in [-0.4, -0.2) is 17.9 Å². The van der Waals surface area contributed by atoms with Crippen LogP contribution in [0.15, 0.2) is 66.7 Å². The maximum Gasteiger partial charge on any atom is 0.246 e. The van der Waals surface area contributed by atoms with E-state index in [1.165, 1.54) is 6.08 Å². The summed E-state index contributed by atoms with van der Waals surface area (Å²) in [6, 6.07) is 18.0. The van der Waals surface area contributed by atoms with E-state index in [0.29, 0.717) is 5.69 Å². The highest BCUT2D eigenvalue weighted by Gasteiger charge is 2.14. The number of nitrogens with one attached hydrogen (secondary N) is 2. The van der Waals surface area contributed by atoms with Crippen LogP contribution < -0.4 is 10.6 Å². The highest BCUT2D eigenvalue weighted by molar-refractivity contribution is 5.99. The first-order valence-corrected chi connectivity index (χ1v) is 7.04. The lowest BCUT2D eigenvalue weighted by Crippen LogP contribution is -2.40. The van der Waals surface area contributed by atoms with Crippen LogP contribution in [0, 0.1) is 0 Å². The van der Waals surface area contributed by atoms with Crippen LogP contribution in [0.5, 0.6) is 0 Å². The number of rotatable bonds is 5. The predicted octanol–water partition coefficient (Wildman–Crippen LogP) is 2.84. The SMILES string of the molecule is CC(NC(=O)C=Cc1ccccc1)C(=O)Nc1ccccc1. The van der Waals surface area contributed by atoms with Gasteiger partial charge >= 0.3 is 0 Å². The first kappa shape index (κ1) is 15.5. The summed E-state index contributed by atoms with van der Waals surface area (Å²) in [6.07, 6.45) is 3.12. The van der Waals surface area contributed by atoms with Crippen molar-refractivity contribution in [3.8, 4) is 0 Å². The Bertz CT molecular complexity index is 651. The van der Waals surface area contributed by atoms with Crippen molar-refractivity contribution in [1.82, 2.24) is 5.32 Å². The average molecular weight is 294 g/mol. The maximum atomic E-state index is 12.0. The molecule has 4 nitrogen and oxygen atoms in total. The summed E-state index contributed by atoms with van der Waals surface area (Å²) in [7, 11) is 0. The van der Waals surface area contributed by atoms with E-state index in [4.69, 9.17) is 0 Å². The van der Waals surface area contributed by atoms with Crippen LogP contribution in [0.1, 0.15) is 12.5 Å². The van der Waals surface area contributed by atoms with Crippen molar-refractivity contribution in [2.75, 3.05) is 5.32 Å². The van der Waals surface area contributed by atoms with Gasteiger partial charge < -0.3 is 10.6 Å². The quantitative estimate of drug-likeness (QED) is 0.833. The molecule has 1 unspecified atom stereocenters. The summed E-state index contributed by atoms with van der Waals surface area (Å²) in [6.45, 7) is 1.65. The van der Waals surface area contributed by atoms with E-state index < -0.39 is 6.04 Å². The fourth-order valence-corrected chi connectivity index (χ4v) is 1.84. The van der Waals surface area contributed by atoms with E-state index in [9.17, 15) is 9.59 Å². The molecule has 2 N–H and O–H groups in total. The van der Waals surface area contributed by atoms with Gasteiger partial charge in [-0.1, -0.05) is 48.5 Å². The number of amides is 2. The van der Waals surface area contributed by atoms with Gasteiger partial charge in [0, 0.05) is 11.8 Å². The molecule has 4 heteroatoms. The third-order valence-electron chi connectivity index (χ3n) is 3.02. The van der Waals surface area contributed by atoms with Crippen LogP contribution in [-0.2, 0) is 9.59 Å². The van der Waals surface area contributed by atoms with E-state index in [0.717, 1.165) is 5.56 Å². The van der Waals surface area contributed by atoms with Gasteiger partial charge in [0.2, 0.25) is 11.8 Å². The zero-order valence-corrected chi connectivity index (χ0v) is 12.3. The van der Waals surface area contributed by atoms with E-state index in [1.54, 1.807) is 25.1 Å². The molecule has 0 bridgehead atoms. The normalized spacial score (nSPS) is 11.9. The molecule has 0 saturated heterocycles. The Balaban J connectivity index is 1.85. The van der Waals surface area contributed by atoms with Gasteiger partial charge in [-0.2, -0.15) is 0 Å². The van der Waals surface area contributed by atoms with Crippen molar-refractivity contribution in [2.24, 2.45) is 0 Å². The lowest BCUT2D eigenvalue weighted by atomic mass is 10.2. The molecule has 22 heavy (non-hydrogen) atoms. The Morgan fingerprint density at radius 3 is 2.18 bits per heavy atom. The highest BCUT2D eigenvalue weighted by atomic mass is 16.2. The van der Waals surface area contributed by atoms with Crippen molar-refractivity contribution in [3.05, 3.63) is 72.3 Å². The molecule has 0 heterocycles. The number of carbonyl (C=O) groups excluding carboxylic acids is 2. The molecule has 0 aliphatic heterocycles. The number of anilines is 1. The lowest BCUT2D eigenvalue weighted by molar-refractivity contribution is -0.123. The smallest absolute Gasteiger partial charge is 0.246 e. The van der Waals surface area contributed by atoms with Gasteiger partial charge in [-0.25, -0.2) is 0 Å². The fraction of sp³-hybridized carbons (Fsp3) is 0.111. The summed E-state index contributed by atoms with van der Waals surface area (Å²) in [4.78, 5) is 23.8. The summed E-state index contributed by atoms with van der Waals surface area (Å²) in [5.41, 5.74) is 1.63. The zero-order chi connectivity index (χ0) is 15.8. The largest absolute Gasteiger partial charge is 0.341 e. The lowest BCUT2D eigenvalue weighted by Gasteiger charge is -2.12. The van der Waals surface area contributed by atoms with Crippen LogP contribution in [0.3, 0.4) is 0 Å². The molecule has 0 radical (unpaired) electrons. The van der Waals surface area contributed by atoms with Crippen LogP contribution in [0.25, 0.3) is 6.08 Å². The van der Waals surface area contributed by atoms with Gasteiger partial charge in [-0.05, 0) is 30.7 Å². The first-order chi connectivity index (χ1) is 10.6. The van der Waals surface area contributed by atoms with Crippen LogP contribution >= 0.6 is 0 Å². The topological polar surface area (TPSA) is 58.2 Å². The van der Waals surface area contributed by atoms with Gasteiger partial charge in [-0.15, -0.1) is 0 Å². The fourth-order valence-electron chi connectivity index (χ4n) is 1.84. The molecule has 1 atom stereocenters. The predicted molar refractivity (Wildman–Crippen MR) is 88.2 cm³/mol. The second kappa shape index (κ2) is 7.78. The first-order valence-electron chi connectivity index (χ1n) is 7.04. The minimum Gasteiger partial charge on any atom is -0.341 e. The Morgan fingerprint density at radius 1 is 0.955 bits per heavy atom. The molecular formula is C18H18N2O2. The molecule has 0 aliphatic carbocycles. The van der Waals surface area contributed by atoms with E-state index >= 15 is 0 Å². The van der Waals surface area contributed by atoms with Gasteiger partial charge in [0.25, 0.3) is 0 Å². The van der Waals surface area contributed by atoms with Crippen LogP contribution in [0.4, 0.5) is 5.69 Å². The molecule has 2 amide bonds. The number of para-hydroxylation sites is 1. The summed E-state index contributed by atoms with van der Waals surface area (Å²) < 4.78 is 0. The number of carbonyl (C=O) groups is 2. The molecule has 0 aromatic heterocycles. The molecule has 112 valence electrons. The number of benzene rings is 2. The molecule has 2 aromatic rings. The molecule has 0 fully saturated rings. The Labute approximate surface area is 129 Å². The second-order valence-corrected chi connectivity index (χ2v) is 4.83. The maximum absolute atomic E-state index is 12.0. The number of hydrogen-bond donors (Lipinski definition) is 2. The average Bonchev–Trinajstić information content (AvgIpc) is 2.55. The molecular weight excluding hydrogens is 276 g/mol. The third-order valence-corrected chi connectivity index (χ3v) is 3.02. The minimum absolute atomic E-state index is 0.257. The van der Waals surface area contributed by atoms with Crippen molar-refractivity contribution >= 4 is 23.6 Å². The summed E-state index contributed by atoms with van der Waals surface area (Å²) in [5, 5.41) is 5.38. The monoisotopic (exact) mass is 294 g/mol. The highest BCUT2D eigenvalue weighted by Crippen LogP contribution is 2.05. The molecule has 0 saturated carbocycles. The minimum atomic E-state index is -0.617. The standard InChI is InChI=1S/C18H18N2O2/c1-14(18(22)20-16-10-6-3-7-11-16)19-17(21)13-12-15-8-4-2-5-9-15/h2-14H,1H3,(H,19,21)(H,20,22). The van der Waals surface area contributed by atoms with Crippen molar-refractivity contribution in [2.45, 2.75) is 13.0 Å². The van der Waals surface area contributed by atoms with E-state index in [-0.39, 0.29) is 11.8 Å². The van der Waals surface area contributed by atoms with E-state index in [1.807, 2.05) is 48.5 Å². The molecule has 2 rings (SSSR count). The molecule has 2 aromatic carbocycles. The van der Waals surface area contributed by atoms with Gasteiger partial charge in [0.15, 0.2) is 0 Å². The van der Waals surface area contributed by atoms with E-state index in [2.05, 4.69) is 10.6 Å². The zero-order valence-electron chi connectivity index (χ0n) is 12.3. The Hall–Kier alpha value is -2.88. The molecule has 0 aliphatic rings. The summed E-state index contributed by atoms with van der Waals surface area (Å²) in [5.74, 6) is -0.563. The molecule has 0 spiro atoms. The Morgan fingerprint density at radius 2 is 1.55 bits per heavy atom. The second-order valence-electron chi connectivity index (χ2n) is 4.83. The van der Waals surface area contributed by atoms with Crippen molar-refractivity contribution < 1.29 is 9.59 Å². The van der Waals surface area contributed by atoms with Crippen molar-refractivity contribution in [3.63, 3.8) is 0 Å². The van der Waals surface area contributed by atoms with Gasteiger partial charge in [-0.3, -0.25) is 9.59 Å². The van der Waals surface area contributed by atoms with Gasteiger partial charge in [0.1, 0.15) is 6.04 Å². The van der Waals surface area contributed by atoms with Gasteiger partial charge in [0.05, 0.1) is 0 Å². The number of hydrogen-bond acceptors (Lipinski definition) is 2.